The third-order valence-electron chi connectivity index (χ3n) is 4.65. The quantitative estimate of drug-likeness (QED) is 0.605. The number of hydrogen-bond acceptors (Lipinski definition) is 1. The summed E-state index contributed by atoms with van der Waals surface area (Å²) in [5.41, 5.74) is 1.49. The summed E-state index contributed by atoms with van der Waals surface area (Å²) in [6, 6.07) is 11.6. The summed E-state index contributed by atoms with van der Waals surface area (Å²) in [5.74, 6) is 1.50. The van der Waals surface area contributed by atoms with E-state index >= 15 is 0 Å². The molecule has 1 heteroatoms. The van der Waals surface area contributed by atoms with Crippen LogP contribution < -0.4 is 5.32 Å². The maximum atomic E-state index is 3.59. The Bertz CT molecular complexity index is 333. The molecule has 0 saturated carbocycles. The molecule has 0 fully saturated rings. The van der Waals surface area contributed by atoms with Crippen LogP contribution in [0.5, 0.6) is 0 Å². The first kappa shape index (κ1) is 17.2. The fraction of sp³-hybridized carbons (Fsp3) is 0.684. The Labute approximate surface area is 126 Å². The van der Waals surface area contributed by atoms with Crippen molar-refractivity contribution in [3.63, 3.8) is 0 Å². The van der Waals surface area contributed by atoms with Crippen LogP contribution in [0.3, 0.4) is 0 Å². The monoisotopic (exact) mass is 275 g/mol. The first-order valence-electron chi connectivity index (χ1n) is 8.48. The molecular formula is C19H33N. The highest BCUT2D eigenvalue weighted by atomic mass is 14.9. The van der Waals surface area contributed by atoms with Gasteiger partial charge in [0.25, 0.3) is 0 Å². The normalized spacial score (nSPS) is 15.8. The smallest absolute Gasteiger partial charge is 0.0135 e. The predicted octanol–water partition coefficient (Wildman–Crippen LogP) is 5.37. The van der Waals surface area contributed by atoms with Crippen LogP contribution in [-0.4, -0.2) is 13.1 Å². The number of unbranched alkanes of at least 4 members (excludes halogenated alkanes) is 1. The molecule has 1 rings (SSSR count). The largest absolute Gasteiger partial charge is 0.316 e. The van der Waals surface area contributed by atoms with E-state index in [9.17, 15) is 0 Å². The van der Waals surface area contributed by atoms with Crippen LogP contribution in [0.2, 0.25) is 0 Å². The lowest BCUT2D eigenvalue weighted by Gasteiger charge is -2.30. The molecule has 0 aliphatic carbocycles. The van der Waals surface area contributed by atoms with Crippen molar-refractivity contribution in [3.8, 4) is 0 Å². The molecule has 3 unspecified atom stereocenters. The summed E-state index contributed by atoms with van der Waals surface area (Å²) in [7, 11) is 2.13. The van der Waals surface area contributed by atoms with Crippen molar-refractivity contribution < 1.29 is 0 Å². The second-order valence-corrected chi connectivity index (χ2v) is 5.97. The van der Waals surface area contributed by atoms with E-state index in [0.717, 1.165) is 5.92 Å². The van der Waals surface area contributed by atoms with Gasteiger partial charge in [0, 0.05) is 6.04 Å². The maximum Gasteiger partial charge on any atom is 0.0135 e. The lowest BCUT2D eigenvalue weighted by Crippen LogP contribution is -2.34. The van der Waals surface area contributed by atoms with Gasteiger partial charge in [-0.3, -0.25) is 0 Å². The Morgan fingerprint density at radius 3 is 2.20 bits per heavy atom. The molecule has 1 aromatic carbocycles. The Balaban J connectivity index is 2.71. The van der Waals surface area contributed by atoms with Gasteiger partial charge in [0.15, 0.2) is 0 Å². The number of likely N-dealkylation sites (N-methyl/N-ethyl adjacent to an activating group) is 1. The summed E-state index contributed by atoms with van der Waals surface area (Å²) in [6.07, 6.45) is 7.90. The molecule has 114 valence electrons. The third-order valence-corrected chi connectivity index (χ3v) is 4.65. The van der Waals surface area contributed by atoms with E-state index in [1.54, 1.807) is 0 Å². The molecule has 1 N–H and O–H groups in total. The Hall–Kier alpha value is -0.820. The zero-order chi connectivity index (χ0) is 14.8. The van der Waals surface area contributed by atoms with Crippen molar-refractivity contribution in [1.82, 2.24) is 5.32 Å². The van der Waals surface area contributed by atoms with Gasteiger partial charge in [-0.15, -0.1) is 0 Å². The van der Waals surface area contributed by atoms with Gasteiger partial charge in [-0.25, -0.2) is 0 Å². The van der Waals surface area contributed by atoms with Crippen LogP contribution in [0, 0.1) is 5.92 Å². The molecule has 0 heterocycles. The van der Waals surface area contributed by atoms with Gasteiger partial charge in [-0.2, -0.15) is 0 Å². The number of rotatable bonds is 10. The highest BCUT2D eigenvalue weighted by molar-refractivity contribution is 5.21. The van der Waals surface area contributed by atoms with Gasteiger partial charge in [0.1, 0.15) is 0 Å². The topological polar surface area (TPSA) is 12.0 Å². The molecule has 0 spiro atoms. The maximum absolute atomic E-state index is 3.59. The van der Waals surface area contributed by atoms with E-state index in [0.29, 0.717) is 12.0 Å². The van der Waals surface area contributed by atoms with Crippen LogP contribution in [0.15, 0.2) is 30.3 Å². The second kappa shape index (κ2) is 9.99. The Kier molecular flexibility index (Phi) is 8.60. The molecule has 0 saturated heterocycles. The fourth-order valence-corrected chi connectivity index (χ4v) is 3.28. The van der Waals surface area contributed by atoms with Crippen LogP contribution >= 0.6 is 0 Å². The van der Waals surface area contributed by atoms with E-state index in [1.807, 2.05) is 0 Å². The van der Waals surface area contributed by atoms with Crippen molar-refractivity contribution in [2.24, 2.45) is 5.92 Å². The summed E-state index contributed by atoms with van der Waals surface area (Å²) < 4.78 is 0. The Morgan fingerprint density at radius 2 is 1.70 bits per heavy atom. The van der Waals surface area contributed by atoms with E-state index in [4.69, 9.17) is 0 Å². The van der Waals surface area contributed by atoms with E-state index in [2.05, 4.69) is 63.5 Å². The third kappa shape index (κ3) is 5.28. The van der Waals surface area contributed by atoms with Gasteiger partial charge in [0.2, 0.25) is 0 Å². The van der Waals surface area contributed by atoms with Gasteiger partial charge in [0.05, 0.1) is 0 Å². The minimum atomic E-state index is 0.601. The van der Waals surface area contributed by atoms with Crippen molar-refractivity contribution in [3.05, 3.63) is 35.9 Å². The number of nitrogens with one attached hydrogen (secondary N) is 1. The highest BCUT2D eigenvalue weighted by Crippen LogP contribution is 2.29. The summed E-state index contributed by atoms with van der Waals surface area (Å²) in [5, 5.41) is 3.59. The highest BCUT2D eigenvalue weighted by Gasteiger charge is 2.22. The molecule has 1 nitrogen and oxygen atoms in total. The molecule has 20 heavy (non-hydrogen) atoms. The van der Waals surface area contributed by atoms with Gasteiger partial charge in [-0.05, 0) is 37.3 Å². The van der Waals surface area contributed by atoms with Crippen LogP contribution in [0.25, 0.3) is 0 Å². The van der Waals surface area contributed by atoms with Crippen molar-refractivity contribution in [2.75, 3.05) is 7.05 Å². The van der Waals surface area contributed by atoms with Crippen molar-refractivity contribution >= 4 is 0 Å². The van der Waals surface area contributed by atoms with Crippen LogP contribution in [0.4, 0.5) is 0 Å². The van der Waals surface area contributed by atoms with Crippen molar-refractivity contribution in [1.29, 1.82) is 0 Å². The fourth-order valence-electron chi connectivity index (χ4n) is 3.28. The van der Waals surface area contributed by atoms with Gasteiger partial charge >= 0.3 is 0 Å². The average Bonchev–Trinajstić information content (AvgIpc) is 2.51. The van der Waals surface area contributed by atoms with E-state index in [-0.39, 0.29) is 0 Å². The number of hydrogen-bond donors (Lipinski definition) is 1. The Morgan fingerprint density at radius 1 is 1.00 bits per heavy atom. The molecule has 1 aromatic rings. The first-order chi connectivity index (χ1) is 9.76. The molecular weight excluding hydrogens is 242 g/mol. The first-order valence-corrected chi connectivity index (χ1v) is 8.48. The van der Waals surface area contributed by atoms with E-state index in [1.165, 1.54) is 44.1 Å². The standard InChI is InChI=1S/C19H33N/c1-5-8-12-16(6-2)15-19(20-4)18(7-3)17-13-10-9-11-14-17/h9-11,13-14,16,18-20H,5-8,12,15H2,1-4H3. The van der Waals surface area contributed by atoms with E-state index < -0.39 is 0 Å². The zero-order valence-corrected chi connectivity index (χ0v) is 13.9. The molecule has 0 aromatic heterocycles. The lowest BCUT2D eigenvalue weighted by molar-refractivity contribution is 0.324. The minimum Gasteiger partial charge on any atom is -0.316 e. The molecule has 0 aliphatic heterocycles. The summed E-state index contributed by atoms with van der Waals surface area (Å²) in [6.45, 7) is 6.95. The molecule has 0 bridgehead atoms. The average molecular weight is 275 g/mol. The van der Waals surface area contributed by atoms with Gasteiger partial charge < -0.3 is 5.32 Å². The van der Waals surface area contributed by atoms with Crippen LogP contribution in [0.1, 0.15) is 70.8 Å². The zero-order valence-electron chi connectivity index (χ0n) is 13.9. The molecule has 3 atom stereocenters. The predicted molar refractivity (Wildman–Crippen MR) is 90.2 cm³/mol. The van der Waals surface area contributed by atoms with Gasteiger partial charge in [-0.1, -0.05) is 76.8 Å². The molecule has 0 radical (unpaired) electrons. The minimum absolute atomic E-state index is 0.601. The molecule has 0 aliphatic rings. The second-order valence-electron chi connectivity index (χ2n) is 5.97. The van der Waals surface area contributed by atoms with Crippen molar-refractivity contribution in [2.45, 2.75) is 71.3 Å². The SMILES string of the molecule is CCCCC(CC)CC(NC)C(CC)c1ccccc1. The molecule has 0 amide bonds. The van der Waals surface area contributed by atoms with Crippen LogP contribution in [-0.2, 0) is 0 Å². The number of benzene rings is 1. The summed E-state index contributed by atoms with van der Waals surface area (Å²) >= 11 is 0. The summed E-state index contributed by atoms with van der Waals surface area (Å²) in [4.78, 5) is 0. The lowest BCUT2D eigenvalue weighted by atomic mass is 9.82.